The summed E-state index contributed by atoms with van der Waals surface area (Å²) in [6, 6.07) is -3.08. The van der Waals surface area contributed by atoms with Gasteiger partial charge in [0, 0.05) is 13.8 Å². The molecule has 51 heavy (non-hydrogen) atoms. The maximum absolute atomic E-state index is 12.2. The minimum absolute atomic E-state index is 0.682. The molecule has 3 fully saturated rings. The van der Waals surface area contributed by atoms with Crippen LogP contribution in [0, 0.1) is 0 Å². The minimum atomic E-state index is -2.02. The molecule has 23 heteroatoms. The zero-order chi connectivity index (χ0) is 38.3. The molecule has 0 aromatic carbocycles. The molecule has 3 heterocycles. The highest BCUT2D eigenvalue weighted by molar-refractivity contribution is 5.73. The Morgan fingerprint density at radius 2 is 1.22 bits per heavy atom. The van der Waals surface area contributed by atoms with Gasteiger partial charge < -0.3 is 105 Å². The summed E-state index contributed by atoms with van der Waals surface area (Å²) in [6.45, 7) is -2.17. The standard InChI is InChI=1S/C28H50N2O21/c1-8(35)29-10(3-31)16(38)24(11(37)4-32)50-26-15(30-9(2)36)19(41)25(13(6-34)48-26)51-28-23(45)21(43)18(40)14(49-28)7-46-27-22(44)20(42)17(39)12(5-33)47-27/h10-28,31-34,37-45H,3-7H2,1-2H3,(H,29,35)(H,30,36)/t10-,11+,12+,13+,14+,15+,16+,17+,18+,19+,20-,21-,22-,23-,24+,25+,26-,27-,28?/m0/s1. The molecule has 0 aliphatic carbocycles. The lowest BCUT2D eigenvalue weighted by molar-refractivity contribution is -0.361. The van der Waals surface area contributed by atoms with E-state index in [2.05, 4.69) is 10.6 Å². The van der Waals surface area contributed by atoms with E-state index in [0.29, 0.717) is 0 Å². The van der Waals surface area contributed by atoms with Crippen molar-refractivity contribution >= 4 is 11.8 Å². The van der Waals surface area contributed by atoms with Crippen molar-refractivity contribution in [3.63, 3.8) is 0 Å². The molecule has 3 aliphatic rings. The Kier molecular flexibility index (Phi) is 16.7. The van der Waals surface area contributed by atoms with Gasteiger partial charge in [-0.25, -0.2) is 0 Å². The van der Waals surface area contributed by atoms with Gasteiger partial charge >= 0.3 is 0 Å². The highest BCUT2D eigenvalue weighted by atomic mass is 16.8. The Balaban J connectivity index is 1.81. The Hall–Kier alpha value is -1.82. The van der Waals surface area contributed by atoms with E-state index < -0.39 is 161 Å². The number of carbonyl (C=O) groups excluding carboxylic acids is 2. The molecular weight excluding hydrogens is 700 g/mol. The summed E-state index contributed by atoms with van der Waals surface area (Å²) in [5.41, 5.74) is 0. The molecule has 0 radical (unpaired) electrons. The van der Waals surface area contributed by atoms with Crippen molar-refractivity contribution in [3.05, 3.63) is 0 Å². The Morgan fingerprint density at radius 3 is 1.75 bits per heavy atom. The molecule has 0 saturated carbocycles. The van der Waals surface area contributed by atoms with Gasteiger partial charge in [-0.2, -0.15) is 0 Å². The largest absolute Gasteiger partial charge is 0.394 e. The molecule has 0 spiro atoms. The van der Waals surface area contributed by atoms with Crippen LogP contribution >= 0.6 is 0 Å². The van der Waals surface area contributed by atoms with E-state index in [4.69, 9.17) is 28.4 Å². The molecule has 2 amide bonds. The van der Waals surface area contributed by atoms with Crippen molar-refractivity contribution < 1.29 is 104 Å². The molecule has 0 aromatic heterocycles. The summed E-state index contributed by atoms with van der Waals surface area (Å²) in [5, 5.41) is 138. The lowest BCUT2D eigenvalue weighted by Gasteiger charge is -2.48. The predicted octanol–water partition coefficient (Wildman–Crippen LogP) is -9.83. The van der Waals surface area contributed by atoms with Crippen LogP contribution in [0.1, 0.15) is 13.8 Å². The molecule has 3 aliphatic heterocycles. The third-order valence-corrected chi connectivity index (χ3v) is 8.65. The molecule has 15 N–H and O–H groups in total. The molecule has 1 unspecified atom stereocenters. The van der Waals surface area contributed by atoms with Crippen LogP contribution in [0.5, 0.6) is 0 Å². The zero-order valence-corrected chi connectivity index (χ0v) is 27.6. The monoisotopic (exact) mass is 750 g/mol. The van der Waals surface area contributed by atoms with E-state index >= 15 is 0 Å². The lowest BCUT2D eigenvalue weighted by Crippen LogP contribution is -2.68. The number of carbonyl (C=O) groups is 2. The Morgan fingerprint density at radius 1 is 0.667 bits per heavy atom. The number of nitrogens with one attached hydrogen (secondary N) is 2. The average molecular weight is 751 g/mol. The molecule has 0 aromatic rings. The molecule has 298 valence electrons. The van der Waals surface area contributed by atoms with E-state index in [1.165, 1.54) is 0 Å². The second kappa shape index (κ2) is 19.5. The summed E-state index contributed by atoms with van der Waals surface area (Å²) < 4.78 is 33.3. The van der Waals surface area contributed by atoms with Crippen molar-refractivity contribution in [1.82, 2.24) is 10.6 Å². The second-order valence-corrected chi connectivity index (χ2v) is 12.4. The summed E-state index contributed by atoms with van der Waals surface area (Å²) in [7, 11) is 0. The van der Waals surface area contributed by atoms with Crippen LogP contribution in [0.4, 0.5) is 0 Å². The van der Waals surface area contributed by atoms with Crippen LogP contribution in [0.2, 0.25) is 0 Å². The summed E-state index contributed by atoms with van der Waals surface area (Å²) in [4.78, 5) is 23.7. The molecule has 0 bridgehead atoms. The fourth-order valence-electron chi connectivity index (χ4n) is 5.84. The topological polar surface area (TPSA) is 377 Å². The zero-order valence-electron chi connectivity index (χ0n) is 27.6. The van der Waals surface area contributed by atoms with Crippen molar-refractivity contribution in [3.8, 4) is 0 Å². The third-order valence-electron chi connectivity index (χ3n) is 8.65. The highest BCUT2D eigenvalue weighted by Crippen LogP contribution is 2.32. The quantitative estimate of drug-likeness (QED) is 0.0696. The number of hydrogen-bond donors (Lipinski definition) is 15. The van der Waals surface area contributed by atoms with Crippen LogP contribution < -0.4 is 10.6 Å². The summed E-state index contributed by atoms with van der Waals surface area (Å²) in [6.07, 6.45) is -30.4. The first-order valence-corrected chi connectivity index (χ1v) is 16.0. The van der Waals surface area contributed by atoms with Gasteiger partial charge in [0.2, 0.25) is 11.8 Å². The molecule has 3 saturated heterocycles. The van der Waals surface area contributed by atoms with Crippen molar-refractivity contribution in [2.45, 2.75) is 130 Å². The maximum atomic E-state index is 12.2. The van der Waals surface area contributed by atoms with E-state index in [9.17, 15) is 76.0 Å². The predicted molar refractivity (Wildman–Crippen MR) is 159 cm³/mol. The van der Waals surface area contributed by atoms with Gasteiger partial charge in [-0.3, -0.25) is 9.59 Å². The maximum Gasteiger partial charge on any atom is 0.217 e. The van der Waals surface area contributed by atoms with Gasteiger partial charge in [0.25, 0.3) is 0 Å². The van der Waals surface area contributed by atoms with Crippen molar-refractivity contribution in [2.24, 2.45) is 0 Å². The number of aliphatic hydroxyl groups is 13. The minimum Gasteiger partial charge on any atom is -0.394 e. The number of rotatable bonds is 16. The highest BCUT2D eigenvalue weighted by Gasteiger charge is 2.53. The van der Waals surface area contributed by atoms with Crippen LogP contribution in [0.25, 0.3) is 0 Å². The number of hydrogen-bond acceptors (Lipinski definition) is 21. The van der Waals surface area contributed by atoms with Gasteiger partial charge in [-0.05, 0) is 0 Å². The normalized spacial score (nSPS) is 41.3. The molecule has 3 rings (SSSR count). The smallest absolute Gasteiger partial charge is 0.217 e. The van der Waals surface area contributed by atoms with E-state index in [1.54, 1.807) is 0 Å². The van der Waals surface area contributed by atoms with Crippen LogP contribution in [-0.4, -0.2) is 228 Å². The average Bonchev–Trinajstić information content (AvgIpc) is 3.10. The summed E-state index contributed by atoms with van der Waals surface area (Å²) in [5.74, 6) is -1.46. The van der Waals surface area contributed by atoms with Gasteiger partial charge in [0.1, 0.15) is 91.5 Å². The van der Waals surface area contributed by atoms with Gasteiger partial charge in [0.15, 0.2) is 18.9 Å². The fourth-order valence-corrected chi connectivity index (χ4v) is 5.84. The van der Waals surface area contributed by atoms with Crippen LogP contribution in [-0.2, 0) is 38.0 Å². The lowest BCUT2D eigenvalue weighted by atomic mass is 9.95. The van der Waals surface area contributed by atoms with E-state index in [1.807, 2.05) is 0 Å². The van der Waals surface area contributed by atoms with Crippen LogP contribution in [0.3, 0.4) is 0 Å². The van der Waals surface area contributed by atoms with Gasteiger partial charge in [-0.1, -0.05) is 0 Å². The molecular formula is C28H50N2O21. The number of ether oxygens (including phenoxy) is 6. The Labute approximate surface area is 290 Å². The van der Waals surface area contributed by atoms with Gasteiger partial charge in [0.05, 0.1) is 39.1 Å². The molecule has 23 nitrogen and oxygen atoms in total. The first kappa shape index (κ1) is 43.6. The Bertz CT molecular complexity index is 1090. The van der Waals surface area contributed by atoms with Crippen LogP contribution in [0.15, 0.2) is 0 Å². The van der Waals surface area contributed by atoms with Gasteiger partial charge in [-0.15, -0.1) is 0 Å². The number of amides is 2. The first-order valence-electron chi connectivity index (χ1n) is 16.0. The van der Waals surface area contributed by atoms with Crippen molar-refractivity contribution in [1.29, 1.82) is 0 Å². The van der Waals surface area contributed by atoms with E-state index in [-0.39, 0.29) is 0 Å². The fraction of sp³-hybridized carbons (Fsp3) is 0.929. The first-order chi connectivity index (χ1) is 24.0. The van der Waals surface area contributed by atoms with E-state index in [0.717, 1.165) is 13.8 Å². The SMILES string of the molecule is CC(=O)N[C@H]1[C@H](O[C@@H]([C@H](O)[C@H](CO)NC(C)=O)[C@H](O)CO)O[C@H](CO)[C@@H](OC2O[C@H](CO[C@H]3O[C@H](CO)[C@@H](O)[C@H](O)[C@@H]3O)[C@@H](O)[C@H](O)[C@@H]2O)[C@@H]1O. The third kappa shape index (κ3) is 10.4. The van der Waals surface area contributed by atoms with Crippen molar-refractivity contribution in [2.75, 3.05) is 33.0 Å². The molecule has 19 atom stereocenters. The summed E-state index contributed by atoms with van der Waals surface area (Å²) >= 11 is 0. The number of aliphatic hydroxyl groups excluding tert-OH is 13. The second-order valence-electron chi connectivity index (χ2n) is 12.4.